The molecule has 0 N–H and O–H groups in total. The molecule has 16 heavy (non-hydrogen) atoms. The summed E-state index contributed by atoms with van der Waals surface area (Å²) in [5.74, 6) is 0.753. The molecular formula is C13H20ClNO. The van der Waals surface area contributed by atoms with Gasteiger partial charge in [-0.25, -0.2) is 0 Å². The molecule has 0 saturated heterocycles. The molecule has 1 aliphatic carbocycles. The van der Waals surface area contributed by atoms with E-state index in [-0.39, 0.29) is 12.4 Å². The molecule has 0 aliphatic heterocycles. The third-order valence-corrected chi connectivity index (χ3v) is 2.99. The molecule has 2 rings (SSSR count). The summed E-state index contributed by atoms with van der Waals surface area (Å²) in [6.07, 6.45) is 1.29. The van der Waals surface area contributed by atoms with Gasteiger partial charge >= 0.3 is 0 Å². The lowest BCUT2D eigenvalue weighted by atomic mass is 10.2. The lowest BCUT2D eigenvalue weighted by Gasteiger charge is -2.09. The van der Waals surface area contributed by atoms with Gasteiger partial charge in [-0.05, 0) is 32.0 Å². The molecule has 90 valence electrons. The first-order valence-corrected chi connectivity index (χ1v) is 5.55. The zero-order valence-corrected chi connectivity index (χ0v) is 10.7. The minimum absolute atomic E-state index is 0. The van der Waals surface area contributed by atoms with Crippen LogP contribution in [0.15, 0.2) is 30.3 Å². The van der Waals surface area contributed by atoms with Crippen molar-refractivity contribution in [2.24, 2.45) is 5.92 Å². The van der Waals surface area contributed by atoms with E-state index in [0.29, 0.717) is 0 Å². The van der Waals surface area contributed by atoms with E-state index in [2.05, 4.69) is 43.3 Å². The predicted molar refractivity (Wildman–Crippen MR) is 68.9 cm³/mol. The van der Waals surface area contributed by atoms with Gasteiger partial charge in [0.05, 0.1) is 13.2 Å². The van der Waals surface area contributed by atoms with Crippen molar-refractivity contribution in [1.82, 2.24) is 4.90 Å². The Balaban J connectivity index is 0.00000128. The van der Waals surface area contributed by atoms with Crippen LogP contribution in [-0.4, -0.2) is 31.6 Å². The van der Waals surface area contributed by atoms with E-state index in [9.17, 15) is 0 Å². The van der Waals surface area contributed by atoms with Gasteiger partial charge in [-0.3, -0.25) is 0 Å². The predicted octanol–water partition coefficient (Wildman–Crippen LogP) is 2.58. The second-order valence-corrected chi connectivity index (χ2v) is 4.53. The molecule has 0 heterocycles. The Bertz CT molecular complexity index is 302. The van der Waals surface area contributed by atoms with Crippen LogP contribution in [0, 0.1) is 5.92 Å². The Morgan fingerprint density at radius 2 is 1.94 bits per heavy atom. The molecule has 3 heteroatoms. The van der Waals surface area contributed by atoms with Crippen molar-refractivity contribution >= 4 is 12.4 Å². The molecular weight excluding hydrogens is 222 g/mol. The molecule has 0 radical (unpaired) electrons. The van der Waals surface area contributed by atoms with Crippen LogP contribution in [0.3, 0.4) is 0 Å². The molecule has 1 aliphatic rings. The number of ether oxygens (including phenoxy) is 1. The minimum Gasteiger partial charge on any atom is -0.376 e. The maximum absolute atomic E-state index is 5.70. The highest BCUT2D eigenvalue weighted by Gasteiger charge is 2.38. The summed E-state index contributed by atoms with van der Waals surface area (Å²) < 4.78 is 5.70. The number of hydrogen-bond donors (Lipinski definition) is 0. The summed E-state index contributed by atoms with van der Waals surface area (Å²) in [5.41, 5.74) is 1.26. The Labute approximate surface area is 104 Å². The van der Waals surface area contributed by atoms with E-state index in [1.54, 1.807) is 0 Å². The SMILES string of the molecule is CN(C)[C@@H]1C[C@@H]1COCc1ccccc1.Cl. The van der Waals surface area contributed by atoms with Gasteiger partial charge in [-0.2, -0.15) is 0 Å². The lowest BCUT2D eigenvalue weighted by Crippen LogP contribution is -2.17. The molecule has 1 aromatic rings. The summed E-state index contributed by atoms with van der Waals surface area (Å²) in [6, 6.07) is 11.1. The van der Waals surface area contributed by atoms with E-state index >= 15 is 0 Å². The van der Waals surface area contributed by atoms with E-state index in [1.807, 2.05) is 6.07 Å². The van der Waals surface area contributed by atoms with Crippen LogP contribution in [0.4, 0.5) is 0 Å². The Hall–Kier alpha value is -0.570. The normalized spacial score (nSPS) is 22.9. The highest BCUT2D eigenvalue weighted by Crippen LogP contribution is 2.34. The minimum atomic E-state index is 0. The van der Waals surface area contributed by atoms with Crippen molar-refractivity contribution in [1.29, 1.82) is 0 Å². The van der Waals surface area contributed by atoms with Gasteiger partial charge in [0, 0.05) is 6.04 Å². The topological polar surface area (TPSA) is 12.5 Å². The van der Waals surface area contributed by atoms with Crippen molar-refractivity contribution in [2.45, 2.75) is 19.1 Å². The van der Waals surface area contributed by atoms with Crippen LogP contribution < -0.4 is 0 Å². The maximum Gasteiger partial charge on any atom is 0.0717 e. The quantitative estimate of drug-likeness (QED) is 0.786. The van der Waals surface area contributed by atoms with E-state index < -0.39 is 0 Å². The zero-order chi connectivity index (χ0) is 10.7. The summed E-state index contributed by atoms with van der Waals surface area (Å²) in [6.45, 7) is 1.65. The van der Waals surface area contributed by atoms with Crippen LogP contribution in [0.25, 0.3) is 0 Å². The fraction of sp³-hybridized carbons (Fsp3) is 0.538. The van der Waals surface area contributed by atoms with Gasteiger partial charge in [0.1, 0.15) is 0 Å². The first kappa shape index (κ1) is 13.5. The van der Waals surface area contributed by atoms with Crippen LogP contribution in [0.2, 0.25) is 0 Å². The lowest BCUT2D eigenvalue weighted by molar-refractivity contribution is 0.105. The monoisotopic (exact) mass is 241 g/mol. The third-order valence-electron chi connectivity index (χ3n) is 2.99. The molecule has 0 unspecified atom stereocenters. The molecule has 1 aromatic carbocycles. The van der Waals surface area contributed by atoms with Gasteiger partial charge in [-0.1, -0.05) is 30.3 Å². The van der Waals surface area contributed by atoms with Crippen molar-refractivity contribution < 1.29 is 4.74 Å². The smallest absolute Gasteiger partial charge is 0.0717 e. The third kappa shape index (κ3) is 3.78. The summed E-state index contributed by atoms with van der Waals surface area (Å²) in [7, 11) is 4.28. The first-order valence-electron chi connectivity index (χ1n) is 5.55. The molecule has 2 atom stereocenters. The summed E-state index contributed by atoms with van der Waals surface area (Å²) in [5, 5.41) is 0. The number of hydrogen-bond acceptors (Lipinski definition) is 2. The standard InChI is InChI=1S/C13H19NO.ClH/c1-14(2)13-8-12(13)10-15-9-11-6-4-3-5-7-11;/h3-7,12-13H,8-10H2,1-2H3;1H/t12-,13-;/m1./s1. The van der Waals surface area contributed by atoms with Gasteiger partial charge in [0.15, 0.2) is 0 Å². The first-order chi connectivity index (χ1) is 7.27. The second-order valence-electron chi connectivity index (χ2n) is 4.53. The van der Waals surface area contributed by atoms with Gasteiger partial charge in [0.2, 0.25) is 0 Å². The summed E-state index contributed by atoms with van der Waals surface area (Å²) in [4.78, 5) is 2.29. The van der Waals surface area contributed by atoms with Crippen LogP contribution in [0.5, 0.6) is 0 Å². The highest BCUT2D eigenvalue weighted by molar-refractivity contribution is 5.85. The molecule has 1 fully saturated rings. The fourth-order valence-corrected chi connectivity index (χ4v) is 1.95. The molecule has 0 aromatic heterocycles. The van der Waals surface area contributed by atoms with Crippen molar-refractivity contribution in [3.8, 4) is 0 Å². The van der Waals surface area contributed by atoms with Crippen molar-refractivity contribution in [2.75, 3.05) is 20.7 Å². The molecule has 0 bridgehead atoms. The maximum atomic E-state index is 5.70. The Morgan fingerprint density at radius 3 is 2.50 bits per heavy atom. The molecule has 2 nitrogen and oxygen atoms in total. The average molecular weight is 242 g/mol. The molecule has 1 saturated carbocycles. The number of benzene rings is 1. The van der Waals surface area contributed by atoms with Crippen LogP contribution in [-0.2, 0) is 11.3 Å². The zero-order valence-electron chi connectivity index (χ0n) is 9.93. The second kappa shape index (κ2) is 6.24. The summed E-state index contributed by atoms with van der Waals surface area (Å²) >= 11 is 0. The van der Waals surface area contributed by atoms with Crippen LogP contribution in [0.1, 0.15) is 12.0 Å². The molecule has 0 spiro atoms. The average Bonchev–Trinajstić information content (AvgIpc) is 2.99. The van der Waals surface area contributed by atoms with Gasteiger partial charge < -0.3 is 9.64 Å². The number of rotatable bonds is 5. The molecule has 0 amide bonds. The van der Waals surface area contributed by atoms with Gasteiger partial charge in [-0.15, -0.1) is 12.4 Å². The van der Waals surface area contributed by atoms with Crippen LogP contribution >= 0.6 is 12.4 Å². The fourth-order valence-electron chi connectivity index (χ4n) is 1.95. The Kier molecular flexibility index (Phi) is 5.26. The van der Waals surface area contributed by atoms with Crippen molar-refractivity contribution in [3.63, 3.8) is 0 Å². The highest BCUT2D eigenvalue weighted by atomic mass is 35.5. The number of halogens is 1. The largest absolute Gasteiger partial charge is 0.376 e. The van der Waals surface area contributed by atoms with Crippen molar-refractivity contribution in [3.05, 3.63) is 35.9 Å². The van der Waals surface area contributed by atoms with E-state index in [4.69, 9.17) is 4.74 Å². The van der Waals surface area contributed by atoms with E-state index in [1.165, 1.54) is 12.0 Å². The van der Waals surface area contributed by atoms with E-state index in [0.717, 1.165) is 25.2 Å². The Morgan fingerprint density at radius 1 is 1.25 bits per heavy atom. The van der Waals surface area contributed by atoms with Gasteiger partial charge in [0.25, 0.3) is 0 Å². The number of nitrogens with zero attached hydrogens (tertiary/aromatic N) is 1.